The highest BCUT2D eigenvalue weighted by Gasteiger charge is 2.30. The topological polar surface area (TPSA) is 79.5 Å². The van der Waals surface area contributed by atoms with Crippen LogP contribution >= 0.6 is 0 Å². The van der Waals surface area contributed by atoms with Gasteiger partial charge in [0.05, 0.1) is 17.9 Å². The molecule has 1 N–H and O–H groups in total. The van der Waals surface area contributed by atoms with Gasteiger partial charge < -0.3 is 14.6 Å². The summed E-state index contributed by atoms with van der Waals surface area (Å²) >= 11 is 0. The van der Waals surface area contributed by atoms with Crippen LogP contribution in [-0.2, 0) is 14.3 Å². The van der Waals surface area contributed by atoms with Gasteiger partial charge in [-0.25, -0.2) is 4.79 Å². The summed E-state index contributed by atoms with van der Waals surface area (Å²) in [7, 11) is 0. The molecule has 0 saturated heterocycles. The van der Waals surface area contributed by atoms with Crippen molar-refractivity contribution in [1.82, 2.24) is 0 Å². The maximum absolute atomic E-state index is 11.2. The molecule has 2 unspecified atom stereocenters. The van der Waals surface area contributed by atoms with Crippen molar-refractivity contribution < 1.29 is 19.4 Å². The summed E-state index contributed by atoms with van der Waals surface area (Å²) < 4.78 is 10.7. The summed E-state index contributed by atoms with van der Waals surface area (Å²) in [6.45, 7) is 0. The lowest BCUT2D eigenvalue weighted by Crippen LogP contribution is -2.33. The molecule has 21 heavy (non-hydrogen) atoms. The molecule has 1 aliphatic heterocycles. The maximum Gasteiger partial charge on any atom is 0.373 e. The number of ether oxygens (including phenoxy) is 2. The second-order valence-corrected chi connectivity index (χ2v) is 4.88. The van der Waals surface area contributed by atoms with Crippen molar-refractivity contribution in [2.75, 3.05) is 0 Å². The first-order chi connectivity index (χ1) is 10.2. The zero-order valence-electron chi connectivity index (χ0n) is 11.2. The van der Waals surface area contributed by atoms with Crippen molar-refractivity contribution >= 4 is 5.97 Å². The average molecular weight is 283 g/mol. The van der Waals surface area contributed by atoms with E-state index in [4.69, 9.17) is 19.8 Å². The monoisotopic (exact) mass is 283 g/mol. The third-order valence-electron chi connectivity index (χ3n) is 3.55. The number of rotatable bonds is 1. The van der Waals surface area contributed by atoms with Crippen molar-refractivity contribution in [1.29, 1.82) is 5.26 Å². The van der Waals surface area contributed by atoms with E-state index in [1.54, 1.807) is 12.2 Å². The van der Waals surface area contributed by atoms with Gasteiger partial charge in [-0.05, 0) is 36.1 Å². The predicted molar refractivity (Wildman–Crippen MR) is 73.7 cm³/mol. The zero-order valence-corrected chi connectivity index (χ0v) is 11.2. The van der Waals surface area contributed by atoms with Crippen LogP contribution in [0.25, 0.3) is 0 Å². The second kappa shape index (κ2) is 5.43. The predicted octanol–water partition coefficient (Wildman–Crippen LogP) is 2.36. The minimum absolute atomic E-state index is 0.450. The maximum atomic E-state index is 11.2. The Morgan fingerprint density at radius 3 is 3.00 bits per heavy atom. The molecule has 0 saturated carbocycles. The van der Waals surface area contributed by atoms with Crippen LogP contribution in [-0.4, -0.2) is 23.5 Å². The third-order valence-corrected chi connectivity index (χ3v) is 3.55. The molecular formula is C16H13NO4. The van der Waals surface area contributed by atoms with Crippen LogP contribution < -0.4 is 0 Å². The summed E-state index contributed by atoms with van der Waals surface area (Å²) in [6.07, 6.45) is 10.3. The minimum atomic E-state index is -1.39. The number of aliphatic carboxylic acids is 1. The van der Waals surface area contributed by atoms with Gasteiger partial charge in [-0.15, -0.1) is 0 Å². The zero-order chi connectivity index (χ0) is 14.8. The Morgan fingerprint density at radius 1 is 1.38 bits per heavy atom. The molecule has 0 aromatic carbocycles. The Bertz CT molecular complexity index is 673. The van der Waals surface area contributed by atoms with Gasteiger partial charge in [0, 0.05) is 5.57 Å². The molecule has 0 spiro atoms. The number of nitrogens with zero attached hydrogens (tertiary/aromatic N) is 1. The average Bonchev–Trinajstić information content (AvgIpc) is 2.49. The van der Waals surface area contributed by atoms with Crippen molar-refractivity contribution in [3.8, 4) is 6.07 Å². The minimum Gasteiger partial charge on any atom is -0.477 e. The number of allylic oxidation sites excluding steroid dienone is 6. The third kappa shape index (κ3) is 2.54. The van der Waals surface area contributed by atoms with Crippen LogP contribution in [0.15, 0.2) is 58.9 Å². The van der Waals surface area contributed by atoms with Gasteiger partial charge in [0.1, 0.15) is 6.10 Å². The quantitative estimate of drug-likeness (QED) is 0.799. The molecule has 3 rings (SSSR count). The van der Waals surface area contributed by atoms with E-state index in [-0.39, 0.29) is 0 Å². The van der Waals surface area contributed by atoms with E-state index in [2.05, 4.69) is 0 Å². The van der Waals surface area contributed by atoms with Crippen LogP contribution in [0, 0.1) is 11.3 Å². The number of hydrogen-bond donors (Lipinski definition) is 1. The van der Waals surface area contributed by atoms with Crippen LogP contribution in [0.2, 0.25) is 0 Å². The van der Waals surface area contributed by atoms with Crippen LogP contribution in [0.4, 0.5) is 0 Å². The van der Waals surface area contributed by atoms with Crippen LogP contribution in [0.5, 0.6) is 0 Å². The molecule has 2 atom stereocenters. The van der Waals surface area contributed by atoms with Gasteiger partial charge in [-0.2, -0.15) is 5.26 Å². The molecular weight excluding hydrogens is 270 g/mol. The lowest BCUT2D eigenvalue weighted by molar-refractivity contribution is -0.181. The van der Waals surface area contributed by atoms with Gasteiger partial charge in [0.15, 0.2) is 0 Å². The highest BCUT2D eigenvalue weighted by molar-refractivity contribution is 5.71. The molecule has 0 amide bonds. The van der Waals surface area contributed by atoms with E-state index >= 15 is 0 Å². The molecule has 1 heterocycles. The molecule has 2 aliphatic carbocycles. The Labute approximate surface area is 121 Å². The number of carbonyl (C=O) groups is 1. The van der Waals surface area contributed by atoms with E-state index < -0.39 is 18.4 Å². The Balaban J connectivity index is 2.09. The van der Waals surface area contributed by atoms with Gasteiger partial charge in [0.2, 0.25) is 0 Å². The first kappa shape index (κ1) is 13.4. The van der Waals surface area contributed by atoms with Gasteiger partial charge in [-0.3, -0.25) is 0 Å². The number of carboxylic acids is 1. The summed E-state index contributed by atoms with van der Waals surface area (Å²) in [5.41, 5.74) is 3.26. The second-order valence-electron chi connectivity index (χ2n) is 4.88. The van der Waals surface area contributed by atoms with Gasteiger partial charge in [0.25, 0.3) is 6.29 Å². The van der Waals surface area contributed by atoms with E-state index in [1.807, 2.05) is 24.3 Å². The Hall–Kier alpha value is -2.58. The van der Waals surface area contributed by atoms with E-state index in [9.17, 15) is 4.79 Å². The number of nitriles is 1. The van der Waals surface area contributed by atoms with Crippen molar-refractivity contribution in [2.24, 2.45) is 0 Å². The highest BCUT2D eigenvalue weighted by Crippen LogP contribution is 2.34. The summed E-state index contributed by atoms with van der Waals surface area (Å²) in [4.78, 5) is 11.2. The number of fused-ring (bicyclic) bond motifs is 2. The molecule has 5 heteroatoms. The molecule has 0 fully saturated rings. The van der Waals surface area contributed by atoms with Crippen molar-refractivity contribution in [2.45, 2.75) is 25.2 Å². The van der Waals surface area contributed by atoms with Gasteiger partial charge in [-0.1, -0.05) is 18.2 Å². The Morgan fingerprint density at radius 2 is 2.24 bits per heavy atom. The van der Waals surface area contributed by atoms with E-state index in [0.717, 1.165) is 29.6 Å². The standard InChI is InChI=1S/C16H13NO4/c17-8-10-5-6-13-12-4-2-1-3-11(12)9-20-16(15(18)19)21-14(13)7-10/h1,3,5-7,9,14,16H,2,4H2,(H,18,19)/b11-9?,13-12-. The molecule has 106 valence electrons. The highest BCUT2D eigenvalue weighted by atomic mass is 16.7. The van der Waals surface area contributed by atoms with E-state index in [1.165, 1.54) is 6.26 Å². The smallest absolute Gasteiger partial charge is 0.373 e. The molecule has 5 nitrogen and oxygen atoms in total. The summed E-state index contributed by atoms with van der Waals surface area (Å²) in [6, 6.07) is 2.04. The fraction of sp³-hybridized carbons (Fsp3) is 0.250. The lowest BCUT2D eigenvalue weighted by Gasteiger charge is -2.29. The lowest BCUT2D eigenvalue weighted by atomic mass is 9.86. The summed E-state index contributed by atoms with van der Waals surface area (Å²) in [5.74, 6) is -1.20. The first-order valence-corrected chi connectivity index (χ1v) is 6.63. The van der Waals surface area contributed by atoms with Gasteiger partial charge >= 0.3 is 5.97 Å². The molecule has 0 aromatic rings. The normalized spacial score (nSPS) is 30.6. The molecule has 0 bridgehead atoms. The fourth-order valence-electron chi connectivity index (χ4n) is 2.56. The van der Waals surface area contributed by atoms with E-state index in [0.29, 0.717) is 5.57 Å². The Kier molecular flexibility index (Phi) is 3.46. The summed E-state index contributed by atoms with van der Waals surface area (Å²) in [5, 5.41) is 18.2. The number of hydrogen-bond acceptors (Lipinski definition) is 4. The molecule has 0 aromatic heterocycles. The number of carboxylic acid groups (broad SMARTS) is 1. The largest absolute Gasteiger partial charge is 0.477 e. The molecule has 0 radical (unpaired) electrons. The molecule has 3 aliphatic rings. The SMILES string of the molecule is N#CC1=CC2OC(C(=O)O)OC=C3C=CCC/C3=C/2C=C1. The van der Waals surface area contributed by atoms with Crippen molar-refractivity contribution in [3.63, 3.8) is 0 Å². The van der Waals surface area contributed by atoms with Crippen LogP contribution in [0.1, 0.15) is 12.8 Å². The van der Waals surface area contributed by atoms with Crippen molar-refractivity contribution in [3.05, 3.63) is 58.9 Å². The fourth-order valence-corrected chi connectivity index (χ4v) is 2.56. The van der Waals surface area contributed by atoms with Crippen LogP contribution in [0.3, 0.4) is 0 Å². The first-order valence-electron chi connectivity index (χ1n) is 6.63.